The summed E-state index contributed by atoms with van der Waals surface area (Å²) >= 11 is 0. The minimum Gasteiger partial charge on any atom is -0.481 e. The normalized spacial score (nSPS) is 13.3. The van der Waals surface area contributed by atoms with Gasteiger partial charge < -0.3 is 15.5 Å². The van der Waals surface area contributed by atoms with Crippen molar-refractivity contribution in [3.8, 4) is 0 Å². The van der Waals surface area contributed by atoms with E-state index in [-0.39, 0.29) is 31.4 Å². The van der Waals surface area contributed by atoms with Gasteiger partial charge in [0.15, 0.2) is 0 Å². The molecule has 5 heteroatoms. The highest BCUT2D eigenvalue weighted by atomic mass is 16.4. The van der Waals surface area contributed by atoms with Gasteiger partial charge in [0.25, 0.3) is 0 Å². The standard InChI is InChI=1S/C10H19NO4/c1-7(6-12)11-8(13)4-10(2,3)5-9(14)15/h7,12H,4-6H2,1-3H3,(H,11,13)(H,14,15)/t7-/m1/s1. The van der Waals surface area contributed by atoms with Crippen LogP contribution in [-0.4, -0.2) is 34.7 Å². The summed E-state index contributed by atoms with van der Waals surface area (Å²) in [6.45, 7) is 5.02. The fraction of sp³-hybridized carbons (Fsp3) is 0.800. The van der Waals surface area contributed by atoms with Crippen LogP contribution < -0.4 is 5.32 Å². The van der Waals surface area contributed by atoms with Crippen LogP contribution in [0.5, 0.6) is 0 Å². The number of hydrogen-bond acceptors (Lipinski definition) is 3. The maximum absolute atomic E-state index is 11.4. The molecule has 0 aromatic rings. The third kappa shape index (κ3) is 6.90. The second-order valence-corrected chi connectivity index (χ2v) is 4.56. The highest BCUT2D eigenvalue weighted by Crippen LogP contribution is 2.24. The Morgan fingerprint density at radius 1 is 1.33 bits per heavy atom. The Kier molecular flexibility index (Phi) is 5.28. The molecule has 0 aromatic heterocycles. The van der Waals surface area contributed by atoms with E-state index in [0.29, 0.717) is 0 Å². The predicted octanol–water partition coefficient (Wildman–Crippen LogP) is 0.374. The fourth-order valence-corrected chi connectivity index (χ4v) is 1.28. The van der Waals surface area contributed by atoms with Gasteiger partial charge in [0.1, 0.15) is 0 Å². The molecule has 0 heterocycles. The zero-order chi connectivity index (χ0) is 12.1. The third-order valence-electron chi connectivity index (χ3n) is 1.95. The summed E-state index contributed by atoms with van der Waals surface area (Å²) in [4.78, 5) is 21.9. The van der Waals surface area contributed by atoms with Gasteiger partial charge in [-0.3, -0.25) is 9.59 Å². The summed E-state index contributed by atoms with van der Waals surface area (Å²) < 4.78 is 0. The Labute approximate surface area is 89.5 Å². The lowest BCUT2D eigenvalue weighted by Gasteiger charge is -2.22. The predicted molar refractivity (Wildman–Crippen MR) is 55.3 cm³/mol. The van der Waals surface area contributed by atoms with Crippen LogP contribution in [0.4, 0.5) is 0 Å². The summed E-state index contributed by atoms with van der Waals surface area (Å²) in [6.07, 6.45) is 0.0948. The first-order valence-electron chi connectivity index (χ1n) is 4.89. The molecule has 1 atom stereocenters. The highest BCUT2D eigenvalue weighted by Gasteiger charge is 2.25. The molecule has 0 aliphatic rings. The van der Waals surface area contributed by atoms with Crippen molar-refractivity contribution < 1.29 is 19.8 Å². The van der Waals surface area contributed by atoms with Crippen molar-refractivity contribution in [1.29, 1.82) is 0 Å². The molecule has 88 valence electrons. The van der Waals surface area contributed by atoms with Crippen LogP contribution in [0.2, 0.25) is 0 Å². The van der Waals surface area contributed by atoms with Gasteiger partial charge in [-0.25, -0.2) is 0 Å². The molecule has 0 aliphatic heterocycles. The summed E-state index contributed by atoms with van der Waals surface area (Å²) in [5.41, 5.74) is -0.564. The summed E-state index contributed by atoms with van der Waals surface area (Å²) in [5, 5.41) is 19.9. The molecular formula is C10H19NO4. The number of carboxylic acid groups (broad SMARTS) is 1. The number of nitrogens with one attached hydrogen (secondary N) is 1. The molecule has 0 bridgehead atoms. The molecule has 0 radical (unpaired) electrons. The van der Waals surface area contributed by atoms with Gasteiger partial charge in [0, 0.05) is 12.5 Å². The highest BCUT2D eigenvalue weighted by molar-refractivity contribution is 5.78. The van der Waals surface area contributed by atoms with Crippen LogP contribution in [-0.2, 0) is 9.59 Å². The maximum atomic E-state index is 11.4. The minimum absolute atomic E-state index is 0.0477. The molecule has 0 aliphatic carbocycles. The van der Waals surface area contributed by atoms with Crippen LogP contribution in [0.1, 0.15) is 33.6 Å². The van der Waals surface area contributed by atoms with Crippen LogP contribution in [0.15, 0.2) is 0 Å². The van der Waals surface area contributed by atoms with Gasteiger partial charge in [-0.2, -0.15) is 0 Å². The van der Waals surface area contributed by atoms with Gasteiger partial charge in [0.05, 0.1) is 13.0 Å². The number of carbonyl (C=O) groups is 2. The van der Waals surface area contributed by atoms with Crippen molar-refractivity contribution in [3.05, 3.63) is 0 Å². The number of carbonyl (C=O) groups excluding carboxylic acids is 1. The van der Waals surface area contributed by atoms with Crippen LogP contribution in [0, 0.1) is 5.41 Å². The Balaban J connectivity index is 4.09. The SMILES string of the molecule is C[C@H](CO)NC(=O)CC(C)(C)CC(=O)O. The number of aliphatic carboxylic acids is 1. The Hall–Kier alpha value is -1.10. The fourth-order valence-electron chi connectivity index (χ4n) is 1.28. The third-order valence-corrected chi connectivity index (χ3v) is 1.95. The van der Waals surface area contributed by atoms with Crippen molar-refractivity contribution in [1.82, 2.24) is 5.32 Å². The second-order valence-electron chi connectivity index (χ2n) is 4.56. The number of amides is 1. The minimum atomic E-state index is -0.914. The average molecular weight is 217 g/mol. The van der Waals surface area contributed by atoms with E-state index in [2.05, 4.69) is 5.32 Å². The van der Waals surface area contributed by atoms with Gasteiger partial charge >= 0.3 is 5.97 Å². The Bertz CT molecular complexity index is 238. The lowest BCUT2D eigenvalue weighted by molar-refractivity contribution is -0.139. The lowest BCUT2D eigenvalue weighted by atomic mass is 9.85. The van der Waals surface area contributed by atoms with Crippen molar-refractivity contribution in [2.24, 2.45) is 5.41 Å². The zero-order valence-corrected chi connectivity index (χ0v) is 9.41. The number of hydrogen-bond donors (Lipinski definition) is 3. The van der Waals surface area contributed by atoms with E-state index in [0.717, 1.165) is 0 Å². The molecule has 0 fully saturated rings. The van der Waals surface area contributed by atoms with Crippen molar-refractivity contribution >= 4 is 11.9 Å². The van der Waals surface area contributed by atoms with Crippen molar-refractivity contribution in [2.45, 2.75) is 39.7 Å². The van der Waals surface area contributed by atoms with E-state index < -0.39 is 11.4 Å². The maximum Gasteiger partial charge on any atom is 0.303 e. The van der Waals surface area contributed by atoms with E-state index in [1.165, 1.54) is 0 Å². The molecule has 0 spiro atoms. The van der Waals surface area contributed by atoms with Gasteiger partial charge in [-0.15, -0.1) is 0 Å². The topological polar surface area (TPSA) is 86.6 Å². The molecule has 0 unspecified atom stereocenters. The largest absolute Gasteiger partial charge is 0.481 e. The quantitative estimate of drug-likeness (QED) is 0.600. The molecule has 0 rings (SSSR count). The Morgan fingerprint density at radius 3 is 2.27 bits per heavy atom. The van der Waals surface area contributed by atoms with Crippen molar-refractivity contribution in [3.63, 3.8) is 0 Å². The summed E-state index contributed by atoms with van der Waals surface area (Å²) in [7, 11) is 0. The zero-order valence-electron chi connectivity index (χ0n) is 9.41. The van der Waals surface area contributed by atoms with Crippen LogP contribution >= 0.6 is 0 Å². The number of aliphatic hydroxyl groups is 1. The summed E-state index contributed by atoms with van der Waals surface area (Å²) in [6, 6.07) is -0.293. The van der Waals surface area contributed by atoms with Gasteiger partial charge in [-0.05, 0) is 12.3 Å². The van der Waals surface area contributed by atoms with Gasteiger partial charge in [-0.1, -0.05) is 13.8 Å². The first-order valence-corrected chi connectivity index (χ1v) is 4.89. The molecule has 0 aromatic carbocycles. The molecule has 1 amide bonds. The second kappa shape index (κ2) is 5.70. The van der Waals surface area contributed by atoms with E-state index >= 15 is 0 Å². The molecule has 5 nitrogen and oxygen atoms in total. The molecule has 3 N–H and O–H groups in total. The van der Waals surface area contributed by atoms with Crippen molar-refractivity contribution in [2.75, 3.05) is 6.61 Å². The van der Waals surface area contributed by atoms with Gasteiger partial charge in [0.2, 0.25) is 5.91 Å². The van der Waals surface area contributed by atoms with E-state index in [9.17, 15) is 9.59 Å². The van der Waals surface area contributed by atoms with E-state index in [4.69, 9.17) is 10.2 Å². The molecule has 0 saturated heterocycles. The number of aliphatic hydroxyl groups excluding tert-OH is 1. The molecule has 15 heavy (non-hydrogen) atoms. The van der Waals surface area contributed by atoms with E-state index in [1.54, 1.807) is 20.8 Å². The number of carboxylic acids is 1. The number of rotatable bonds is 6. The van der Waals surface area contributed by atoms with E-state index in [1.807, 2.05) is 0 Å². The first-order chi connectivity index (χ1) is 6.76. The lowest BCUT2D eigenvalue weighted by Crippen LogP contribution is -2.37. The van der Waals surface area contributed by atoms with Crippen LogP contribution in [0.3, 0.4) is 0 Å². The molecular weight excluding hydrogens is 198 g/mol. The van der Waals surface area contributed by atoms with Crippen LogP contribution in [0.25, 0.3) is 0 Å². The monoisotopic (exact) mass is 217 g/mol. The Morgan fingerprint density at radius 2 is 1.87 bits per heavy atom. The smallest absolute Gasteiger partial charge is 0.303 e. The summed E-state index contributed by atoms with van der Waals surface area (Å²) in [5.74, 6) is -1.15. The average Bonchev–Trinajstić information content (AvgIpc) is 1.99. The first kappa shape index (κ1) is 13.9. The molecule has 0 saturated carbocycles.